The summed E-state index contributed by atoms with van der Waals surface area (Å²) in [5, 5.41) is 20.9. The Labute approximate surface area is 171 Å². The van der Waals surface area contributed by atoms with Gasteiger partial charge in [-0.2, -0.15) is 0 Å². The fraction of sp³-hybridized carbons (Fsp3) is 0.520. The van der Waals surface area contributed by atoms with Crippen molar-refractivity contribution in [3.05, 3.63) is 54.1 Å². The van der Waals surface area contributed by atoms with Crippen LogP contribution in [0.2, 0.25) is 0 Å². The minimum atomic E-state index is 0.209. The van der Waals surface area contributed by atoms with Gasteiger partial charge in [0.1, 0.15) is 11.5 Å². The Bertz CT molecular complexity index is 619. The first-order valence-electron chi connectivity index (χ1n) is 10.8. The summed E-state index contributed by atoms with van der Waals surface area (Å²) in [5.74, 6) is 0.445. The third kappa shape index (κ3) is 8.79. The standard InChI is InChI=1S/C25H39NO2/c1-3-16-21-20-24(27)22(17-4-2)23(25(21)28)18-14-12-10-8-6-5-7-9-11-13-15-19-26/h3-4,14,18,20,27-28H,1-2,5-13,15-17,19,26H2. The highest BCUT2D eigenvalue weighted by Crippen LogP contribution is 2.35. The van der Waals surface area contributed by atoms with Crippen molar-refractivity contribution in [1.29, 1.82) is 0 Å². The van der Waals surface area contributed by atoms with Gasteiger partial charge in [0.05, 0.1) is 0 Å². The fourth-order valence-corrected chi connectivity index (χ4v) is 3.47. The van der Waals surface area contributed by atoms with Crippen molar-refractivity contribution in [2.24, 2.45) is 5.73 Å². The highest BCUT2D eigenvalue weighted by molar-refractivity contribution is 5.67. The number of phenols is 2. The van der Waals surface area contributed by atoms with Gasteiger partial charge in [-0.1, -0.05) is 69.2 Å². The van der Waals surface area contributed by atoms with Gasteiger partial charge in [0, 0.05) is 16.7 Å². The van der Waals surface area contributed by atoms with Gasteiger partial charge in [-0.15, -0.1) is 13.2 Å². The van der Waals surface area contributed by atoms with Crippen LogP contribution in [0.3, 0.4) is 0 Å². The second-order valence-corrected chi connectivity index (χ2v) is 7.44. The van der Waals surface area contributed by atoms with Gasteiger partial charge in [-0.05, 0) is 44.7 Å². The minimum Gasteiger partial charge on any atom is -0.508 e. The predicted octanol–water partition coefficient (Wildman–Crippen LogP) is 6.43. The number of nitrogens with two attached hydrogens (primary N) is 1. The largest absolute Gasteiger partial charge is 0.508 e. The summed E-state index contributed by atoms with van der Waals surface area (Å²) in [7, 11) is 0. The third-order valence-corrected chi connectivity index (χ3v) is 5.08. The van der Waals surface area contributed by atoms with Crippen LogP contribution in [0, 0.1) is 0 Å². The number of phenolic OH excluding ortho intramolecular Hbond substituents is 2. The van der Waals surface area contributed by atoms with Gasteiger partial charge in [0.2, 0.25) is 0 Å². The molecule has 0 aromatic heterocycles. The number of hydrogen-bond acceptors (Lipinski definition) is 3. The molecule has 28 heavy (non-hydrogen) atoms. The molecule has 0 heterocycles. The van der Waals surface area contributed by atoms with Gasteiger partial charge in [-0.25, -0.2) is 0 Å². The molecule has 0 spiro atoms. The van der Waals surface area contributed by atoms with Crippen LogP contribution >= 0.6 is 0 Å². The summed E-state index contributed by atoms with van der Waals surface area (Å²) >= 11 is 0. The maximum atomic E-state index is 10.6. The highest BCUT2D eigenvalue weighted by atomic mass is 16.3. The van der Waals surface area contributed by atoms with Crippen LogP contribution in [0.5, 0.6) is 11.5 Å². The monoisotopic (exact) mass is 385 g/mol. The Balaban J connectivity index is 2.44. The lowest BCUT2D eigenvalue weighted by Crippen LogP contribution is -1.97. The second-order valence-electron chi connectivity index (χ2n) is 7.44. The SMILES string of the molecule is C=CCc1cc(O)c(CC=C)c(C=CCCCCCCCCCCCN)c1O. The molecule has 0 atom stereocenters. The number of rotatable bonds is 16. The Hall–Kier alpha value is -2.00. The number of benzene rings is 1. The van der Waals surface area contributed by atoms with E-state index in [-0.39, 0.29) is 11.5 Å². The molecule has 3 heteroatoms. The lowest BCUT2D eigenvalue weighted by molar-refractivity contribution is 0.450. The Kier molecular flexibility index (Phi) is 12.9. The number of hydrogen-bond donors (Lipinski definition) is 3. The Morgan fingerprint density at radius 3 is 1.96 bits per heavy atom. The van der Waals surface area contributed by atoms with E-state index in [1.54, 1.807) is 18.2 Å². The molecular weight excluding hydrogens is 346 g/mol. The van der Waals surface area contributed by atoms with Crippen LogP contribution in [0.4, 0.5) is 0 Å². The first-order chi connectivity index (χ1) is 13.7. The maximum Gasteiger partial charge on any atom is 0.126 e. The topological polar surface area (TPSA) is 66.5 Å². The summed E-state index contributed by atoms with van der Waals surface area (Å²) in [5.41, 5.74) is 7.64. The van der Waals surface area contributed by atoms with E-state index in [4.69, 9.17) is 5.73 Å². The van der Waals surface area contributed by atoms with Gasteiger partial charge in [0.15, 0.2) is 0 Å². The molecular formula is C25H39NO2. The normalized spacial score (nSPS) is 11.2. The molecule has 0 amide bonds. The van der Waals surface area contributed by atoms with E-state index < -0.39 is 0 Å². The van der Waals surface area contributed by atoms with Crippen LogP contribution < -0.4 is 5.73 Å². The average Bonchev–Trinajstić information content (AvgIpc) is 2.68. The van der Waals surface area contributed by atoms with E-state index in [2.05, 4.69) is 19.2 Å². The van der Waals surface area contributed by atoms with E-state index in [0.717, 1.165) is 31.4 Å². The Morgan fingerprint density at radius 1 is 0.821 bits per heavy atom. The minimum absolute atomic E-state index is 0.209. The molecule has 1 aromatic rings. The molecule has 0 aliphatic carbocycles. The van der Waals surface area contributed by atoms with Gasteiger partial charge in [0.25, 0.3) is 0 Å². The van der Waals surface area contributed by atoms with Crippen LogP contribution in [0.15, 0.2) is 37.5 Å². The fourth-order valence-electron chi connectivity index (χ4n) is 3.47. The lowest BCUT2D eigenvalue weighted by atomic mass is 9.96. The molecule has 0 bridgehead atoms. The van der Waals surface area contributed by atoms with Crippen molar-refractivity contribution in [2.45, 2.75) is 77.0 Å². The van der Waals surface area contributed by atoms with E-state index >= 15 is 0 Å². The predicted molar refractivity (Wildman–Crippen MR) is 122 cm³/mol. The summed E-state index contributed by atoms with van der Waals surface area (Å²) < 4.78 is 0. The first-order valence-corrected chi connectivity index (χ1v) is 10.8. The van der Waals surface area contributed by atoms with Crippen molar-refractivity contribution in [3.8, 4) is 11.5 Å². The van der Waals surface area contributed by atoms with Gasteiger partial charge < -0.3 is 15.9 Å². The molecule has 0 radical (unpaired) electrons. The van der Waals surface area contributed by atoms with Crippen LogP contribution in [-0.4, -0.2) is 16.8 Å². The van der Waals surface area contributed by atoms with E-state index in [9.17, 15) is 10.2 Å². The molecule has 3 nitrogen and oxygen atoms in total. The molecule has 0 aliphatic rings. The smallest absolute Gasteiger partial charge is 0.126 e. The van der Waals surface area contributed by atoms with E-state index in [1.807, 2.05) is 6.08 Å². The molecule has 0 unspecified atom stereocenters. The highest BCUT2D eigenvalue weighted by Gasteiger charge is 2.14. The van der Waals surface area contributed by atoms with E-state index in [1.165, 1.54) is 44.9 Å². The molecule has 1 aromatic carbocycles. The van der Waals surface area contributed by atoms with Gasteiger partial charge >= 0.3 is 0 Å². The van der Waals surface area contributed by atoms with Crippen molar-refractivity contribution < 1.29 is 10.2 Å². The van der Waals surface area contributed by atoms with Crippen molar-refractivity contribution in [3.63, 3.8) is 0 Å². The van der Waals surface area contributed by atoms with Crippen molar-refractivity contribution in [2.75, 3.05) is 6.54 Å². The van der Waals surface area contributed by atoms with Crippen LogP contribution in [-0.2, 0) is 12.8 Å². The molecule has 4 N–H and O–H groups in total. The summed E-state index contributed by atoms with van der Waals surface area (Å²) in [6.45, 7) is 8.29. The van der Waals surface area contributed by atoms with Gasteiger partial charge in [-0.3, -0.25) is 0 Å². The average molecular weight is 386 g/mol. The lowest BCUT2D eigenvalue weighted by Gasteiger charge is -2.13. The molecule has 156 valence electrons. The quantitative estimate of drug-likeness (QED) is 0.174. The van der Waals surface area contributed by atoms with Crippen molar-refractivity contribution in [1.82, 2.24) is 0 Å². The molecule has 1 rings (SSSR count). The number of unbranched alkanes of at least 4 members (excludes halogenated alkanes) is 9. The summed E-state index contributed by atoms with van der Waals surface area (Å²) in [6.07, 6.45) is 20.9. The second kappa shape index (κ2) is 15.0. The third-order valence-electron chi connectivity index (χ3n) is 5.08. The molecule has 0 saturated heterocycles. The summed E-state index contributed by atoms with van der Waals surface area (Å²) in [6, 6.07) is 1.63. The molecule has 0 aliphatic heterocycles. The number of allylic oxidation sites excluding steroid dienone is 3. The first kappa shape index (κ1) is 24.0. The van der Waals surface area contributed by atoms with E-state index in [0.29, 0.717) is 24.0 Å². The zero-order valence-electron chi connectivity index (χ0n) is 17.5. The maximum absolute atomic E-state index is 10.6. The summed E-state index contributed by atoms with van der Waals surface area (Å²) in [4.78, 5) is 0. The molecule has 0 fully saturated rings. The number of aromatic hydroxyl groups is 2. The van der Waals surface area contributed by atoms with Crippen LogP contribution in [0.1, 0.15) is 80.9 Å². The Morgan fingerprint density at radius 2 is 1.39 bits per heavy atom. The zero-order chi connectivity index (χ0) is 20.6. The zero-order valence-corrected chi connectivity index (χ0v) is 17.5. The van der Waals surface area contributed by atoms with Crippen LogP contribution in [0.25, 0.3) is 6.08 Å². The molecule has 0 saturated carbocycles. The van der Waals surface area contributed by atoms with Crippen molar-refractivity contribution >= 4 is 6.08 Å².